The summed E-state index contributed by atoms with van der Waals surface area (Å²) in [7, 11) is 2.01. The fourth-order valence-corrected chi connectivity index (χ4v) is 5.39. The quantitative estimate of drug-likeness (QED) is 0.363. The van der Waals surface area contributed by atoms with Crippen LogP contribution in [0.1, 0.15) is 72.8 Å². The number of rotatable bonds is 8. The van der Waals surface area contributed by atoms with Crippen molar-refractivity contribution in [1.29, 1.82) is 0 Å². The number of ketones is 2. The van der Waals surface area contributed by atoms with E-state index < -0.39 is 0 Å². The highest BCUT2D eigenvalue weighted by Gasteiger charge is 2.27. The molecule has 0 N–H and O–H groups in total. The van der Waals surface area contributed by atoms with E-state index in [0.29, 0.717) is 30.4 Å². The highest BCUT2D eigenvalue weighted by Crippen LogP contribution is 2.39. The maximum Gasteiger partial charge on any atom is 0.143 e. The summed E-state index contributed by atoms with van der Waals surface area (Å²) in [6.07, 6.45) is 7.23. The lowest BCUT2D eigenvalue weighted by Crippen LogP contribution is -2.16. The van der Waals surface area contributed by atoms with Crippen LogP contribution >= 0.6 is 0 Å². The number of fused-ring (bicyclic) bond motifs is 1. The van der Waals surface area contributed by atoms with Crippen molar-refractivity contribution in [2.45, 2.75) is 63.7 Å². The summed E-state index contributed by atoms with van der Waals surface area (Å²) in [5.74, 6) is 0.867. The molecular formula is C29H31N5O2. The molecule has 0 bridgehead atoms. The van der Waals surface area contributed by atoms with Crippen LogP contribution in [-0.2, 0) is 35.9 Å². The van der Waals surface area contributed by atoms with E-state index in [0.717, 1.165) is 59.2 Å². The van der Waals surface area contributed by atoms with Crippen LogP contribution in [-0.4, -0.2) is 36.5 Å². The molecule has 2 atom stereocenters. The van der Waals surface area contributed by atoms with Crippen LogP contribution in [0.25, 0.3) is 10.9 Å². The highest BCUT2D eigenvalue weighted by atomic mass is 16.1. The first-order chi connectivity index (χ1) is 17.5. The molecule has 1 aromatic carbocycles. The van der Waals surface area contributed by atoms with Gasteiger partial charge in [0.05, 0.1) is 35.6 Å². The van der Waals surface area contributed by atoms with Crippen LogP contribution in [0.5, 0.6) is 0 Å². The number of aryl methyl sites for hydroxylation is 1. The van der Waals surface area contributed by atoms with Gasteiger partial charge < -0.3 is 4.57 Å². The van der Waals surface area contributed by atoms with Gasteiger partial charge in [-0.3, -0.25) is 9.59 Å². The summed E-state index contributed by atoms with van der Waals surface area (Å²) >= 11 is 0. The van der Waals surface area contributed by atoms with E-state index in [1.807, 2.05) is 49.6 Å². The number of hydrogen-bond acceptors (Lipinski definition) is 6. The number of aromatic nitrogens is 5. The molecular weight excluding hydrogens is 450 g/mol. The zero-order chi connectivity index (χ0) is 25.1. The smallest absolute Gasteiger partial charge is 0.143 e. The Hall–Kier alpha value is -3.74. The first-order valence-corrected chi connectivity index (χ1v) is 12.7. The van der Waals surface area contributed by atoms with Crippen molar-refractivity contribution >= 4 is 22.5 Å². The third kappa shape index (κ3) is 5.40. The Kier molecular flexibility index (Phi) is 6.98. The van der Waals surface area contributed by atoms with Gasteiger partial charge in [0, 0.05) is 42.4 Å². The molecule has 0 aliphatic heterocycles. The lowest BCUT2D eigenvalue weighted by molar-refractivity contribution is -0.118. The summed E-state index contributed by atoms with van der Waals surface area (Å²) in [5.41, 5.74) is 5.57. The minimum absolute atomic E-state index is 0.0899. The van der Waals surface area contributed by atoms with Crippen molar-refractivity contribution in [1.82, 2.24) is 25.0 Å². The van der Waals surface area contributed by atoms with Gasteiger partial charge in [0.15, 0.2) is 0 Å². The summed E-state index contributed by atoms with van der Waals surface area (Å²) in [4.78, 5) is 24.1. The van der Waals surface area contributed by atoms with E-state index >= 15 is 0 Å². The maximum atomic E-state index is 12.8. The van der Waals surface area contributed by atoms with Gasteiger partial charge in [-0.25, -0.2) is 0 Å². The van der Waals surface area contributed by atoms with Crippen molar-refractivity contribution < 1.29 is 9.59 Å². The Morgan fingerprint density at radius 1 is 0.833 bits per heavy atom. The van der Waals surface area contributed by atoms with Gasteiger partial charge in [0.1, 0.15) is 11.6 Å². The Bertz CT molecular complexity index is 1380. The summed E-state index contributed by atoms with van der Waals surface area (Å²) in [6.45, 7) is 1.56. The minimum atomic E-state index is 0.0899. The number of hydrogen-bond donors (Lipinski definition) is 0. The normalized spacial score (nSPS) is 17.8. The summed E-state index contributed by atoms with van der Waals surface area (Å²) < 4.78 is 2.07. The zero-order valence-electron chi connectivity index (χ0n) is 20.9. The molecule has 4 aromatic rings. The Morgan fingerprint density at radius 2 is 1.47 bits per heavy atom. The molecule has 0 saturated heterocycles. The molecule has 1 aliphatic carbocycles. The van der Waals surface area contributed by atoms with E-state index in [1.54, 1.807) is 6.92 Å². The van der Waals surface area contributed by atoms with Crippen LogP contribution in [0.2, 0.25) is 0 Å². The molecule has 0 radical (unpaired) electrons. The molecule has 1 aliphatic rings. The van der Waals surface area contributed by atoms with Crippen LogP contribution in [0.4, 0.5) is 0 Å². The Morgan fingerprint density at radius 3 is 2.08 bits per heavy atom. The predicted octanol–water partition coefficient (Wildman–Crippen LogP) is 4.69. The van der Waals surface area contributed by atoms with Gasteiger partial charge >= 0.3 is 0 Å². The second-order valence-corrected chi connectivity index (χ2v) is 10.0. The molecule has 36 heavy (non-hydrogen) atoms. The minimum Gasteiger partial charge on any atom is -0.350 e. The number of para-hydroxylation sites is 1. The fraction of sp³-hybridized carbons (Fsp3) is 0.379. The van der Waals surface area contributed by atoms with Crippen molar-refractivity contribution in [2.75, 3.05) is 0 Å². The van der Waals surface area contributed by atoms with E-state index in [4.69, 9.17) is 0 Å². The van der Waals surface area contributed by atoms with Gasteiger partial charge in [-0.2, -0.15) is 20.4 Å². The number of carbonyl (C=O) groups is 2. The molecule has 0 amide bonds. The molecule has 7 nitrogen and oxygen atoms in total. The third-order valence-electron chi connectivity index (χ3n) is 7.17. The standard InChI is InChI=1S/C29H31N5O2/c1-19(35)14-23-10-12-27(32-30-23)20-6-5-7-21(15-20)28-13-11-24(31-33-28)17-25(36)16-22-18-34(2)29-9-4-3-8-26(22)29/h3-4,8-13,18,20-21H,5-7,14-17H2,1-2H3/t20-,21-/m0/s1. The maximum absolute atomic E-state index is 12.8. The van der Waals surface area contributed by atoms with E-state index in [-0.39, 0.29) is 18.0 Å². The molecule has 0 spiro atoms. The second kappa shape index (κ2) is 10.5. The summed E-state index contributed by atoms with van der Waals surface area (Å²) in [5, 5.41) is 18.7. The van der Waals surface area contributed by atoms with Crippen LogP contribution in [0, 0.1) is 0 Å². The Balaban J connectivity index is 1.20. The number of benzene rings is 1. The second-order valence-electron chi connectivity index (χ2n) is 10.0. The van der Waals surface area contributed by atoms with Gasteiger partial charge in [0.2, 0.25) is 0 Å². The first-order valence-electron chi connectivity index (χ1n) is 12.7. The van der Waals surface area contributed by atoms with E-state index in [9.17, 15) is 9.59 Å². The zero-order valence-corrected chi connectivity index (χ0v) is 20.9. The highest BCUT2D eigenvalue weighted by molar-refractivity contribution is 5.90. The largest absolute Gasteiger partial charge is 0.350 e. The van der Waals surface area contributed by atoms with Crippen LogP contribution in [0.15, 0.2) is 54.7 Å². The van der Waals surface area contributed by atoms with E-state index in [2.05, 4.69) is 37.1 Å². The van der Waals surface area contributed by atoms with Crippen molar-refractivity contribution in [3.05, 3.63) is 83.1 Å². The average Bonchev–Trinajstić information content (AvgIpc) is 3.19. The number of nitrogens with zero attached hydrogens (tertiary/aromatic N) is 5. The number of Topliss-reactive ketones (excluding diaryl/α,β-unsaturated/α-hetero) is 2. The lowest BCUT2D eigenvalue weighted by Gasteiger charge is -2.28. The third-order valence-corrected chi connectivity index (χ3v) is 7.17. The molecule has 184 valence electrons. The molecule has 1 fully saturated rings. The fourth-order valence-electron chi connectivity index (χ4n) is 5.39. The number of carbonyl (C=O) groups excluding carboxylic acids is 2. The SMILES string of the molecule is CC(=O)Cc1ccc([C@H]2CCC[C@H](c3ccc(CC(=O)Cc4cn(C)c5ccccc45)nn3)C2)nn1. The van der Waals surface area contributed by atoms with E-state index in [1.165, 1.54) is 0 Å². The van der Waals surface area contributed by atoms with Gasteiger partial charge in [0.25, 0.3) is 0 Å². The molecule has 1 saturated carbocycles. The van der Waals surface area contributed by atoms with Gasteiger partial charge in [-0.15, -0.1) is 0 Å². The molecule has 7 heteroatoms. The Labute approximate surface area is 211 Å². The topological polar surface area (TPSA) is 90.6 Å². The van der Waals surface area contributed by atoms with Gasteiger partial charge in [-0.1, -0.05) is 24.6 Å². The molecule has 5 rings (SSSR count). The lowest BCUT2D eigenvalue weighted by atomic mass is 9.78. The van der Waals surface area contributed by atoms with Crippen molar-refractivity contribution in [2.24, 2.45) is 7.05 Å². The van der Waals surface area contributed by atoms with Gasteiger partial charge in [-0.05, 0) is 62.1 Å². The van der Waals surface area contributed by atoms with Crippen LogP contribution in [0.3, 0.4) is 0 Å². The molecule has 0 unspecified atom stereocenters. The monoisotopic (exact) mass is 481 g/mol. The average molecular weight is 482 g/mol. The van der Waals surface area contributed by atoms with Crippen molar-refractivity contribution in [3.8, 4) is 0 Å². The predicted molar refractivity (Wildman–Crippen MR) is 138 cm³/mol. The summed E-state index contributed by atoms with van der Waals surface area (Å²) in [6, 6.07) is 16.1. The van der Waals surface area contributed by atoms with Crippen LogP contribution < -0.4 is 0 Å². The van der Waals surface area contributed by atoms with Crippen molar-refractivity contribution in [3.63, 3.8) is 0 Å². The first kappa shape index (κ1) is 24.0. The molecule has 3 aromatic heterocycles. The molecule has 3 heterocycles.